The first-order chi connectivity index (χ1) is 8.85. The van der Waals surface area contributed by atoms with Crippen molar-refractivity contribution in [1.82, 2.24) is 4.90 Å². The molecule has 1 aliphatic heterocycles. The van der Waals surface area contributed by atoms with Gasteiger partial charge in [-0.25, -0.2) is 9.18 Å². The fourth-order valence-corrected chi connectivity index (χ4v) is 2.50. The largest absolute Gasteiger partial charge is 0.479 e. The third-order valence-corrected chi connectivity index (χ3v) is 4.25. The number of amides is 1. The van der Waals surface area contributed by atoms with Crippen LogP contribution in [0.5, 0.6) is 0 Å². The molecule has 0 radical (unpaired) electrons. The number of halogens is 2. The van der Waals surface area contributed by atoms with Crippen LogP contribution in [0.1, 0.15) is 22.3 Å². The molecule has 19 heavy (non-hydrogen) atoms. The van der Waals surface area contributed by atoms with Crippen LogP contribution in [-0.4, -0.2) is 40.6 Å². The highest BCUT2D eigenvalue weighted by Crippen LogP contribution is 2.28. The molecular weight excluding hydrogens is 317 g/mol. The number of alkyl halides is 1. The lowest BCUT2D eigenvalue weighted by Gasteiger charge is -2.19. The number of carbonyl (C=O) groups is 2. The van der Waals surface area contributed by atoms with Crippen molar-refractivity contribution in [2.75, 3.05) is 13.1 Å². The van der Waals surface area contributed by atoms with E-state index in [4.69, 9.17) is 5.11 Å². The molecule has 1 atom stereocenters. The summed E-state index contributed by atoms with van der Waals surface area (Å²) in [5.41, 5.74) is -1.10. The van der Waals surface area contributed by atoms with Gasteiger partial charge >= 0.3 is 5.97 Å². The van der Waals surface area contributed by atoms with Crippen molar-refractivity contribution < 1.29 is 19.1 Å². The van der Waals surface area contributed by atoms with Gasteiger partial charge in [0.25, 0.3) is 5.91 Å². The van der Waals surface area contributed by atoms with E-state index in [0.29, 0.717) is 5.56 Å². The Labute approximate surface area is 118 Å². The fourth-order valence-electron chi connectivity index (χ4n) is 2.13. The van der Waals surface area contributed by atoms with Crippen LogP contribution in [0.25, 0.3) is 0 Å². The Morgan fingerprint density at radius 1 is 1.47 bits per heavy atom. The number of carboxylic acid groups (broad SMARTS) is 1. The number of hydrogen-bond acceptors (Lipinski definition) is 2. The predicted octanol–water partition coefficient (Wildman–Crippen LogP) is 2.40. The van der Waals surface area contributed by atoms with Gasteiger partial charge < -0.3 is 10.0 Å². The van der Waals surface area contributed by atoms with Crippen LogP contribution < -0.4 is 0 Å². The van der Waals surface area contributed by atoms with E-state index in [2.05, 4.69) is 15.9 Å². The highest BCUT2D eigenvalue weighted by molar-refractivity contribution is 9.10. The van der Waals surface area contributed by atoms with Crippen LogP contribution in [0.2, 0.25) is 0 Å². The zero-order valence-corrected chi connectivity index (χ0v) is 11.9. The van der Waals surface area contributed by atoms with Gasteiger partial charge in [0.2, 0.25) is 5.67 Å². The molecule has 102 valence electrons. The van der Waals surface area contributed by atoms with Crippen LogP contribution in [0.15, 0.2) is 22.7 Å². The van der Waals surface area contributed by atoms with Gasteiger partial charge in [0.1, 0.15) is 0 Å². The molecule has 0 aliphatic carbocycles. The second kappa shape index (κ2) is 4.92. The molecule has 0 aromatic heterocycles. The number of benzene rings is 1. The van der Waals surface area contributed by atoms with E-state index in [0.717, 1.165) is 10.0 Å². The van der Waals surface area contributed by atoms with E-state index in [-0.39, 0.29) is 18.9 Å². The molecule has 0 saturated carbocycles. The highest BCUT2D eigenvalue weighted by Gasteiger charge is 2.47. The van der Waals surface area contributed by atoms with Crippen molar-refractivity contribution in [3.63, 3.8) is 0 Å². The van der Waals surface area contributed by atoms with Crippen LogP contribution in [0.4, 0.5) is 4.39 Å². The summed E-state index contributed by atoms with van der Waals surface area (Å²) in [6.07, 6.45) is -0.166. The Balaban J connectivity index is 2.23. The van der Waals surface area contributed by atoms with Gasteiger partial charge in [0, 0.05) is 23.0 Å². The lowest BCUT2D eigenvalue weighted by atomic mass is 10.1. The SMILES string of the molecule is Cc1c(Br)cccc1C(=O)N1CCC(F)(C(=O)O)C1. The zero-order valence-electron chi connectivity index (χ0n) is 10.3. The number of rotatable bonds is 2. The fraction of sp³-hybridized carbons (Fsp3) is 0.385. The predicted molar refractivity (Wildman–Crippen MR) is 70.9 cm³/mol. The van der Waals surface area contributed by atoms with Gasteiger partial charge in [-0.2, -0.15) is 0 Å². The van der Waals surface area contributed by atoms with Gasteiger partial charge in [0.05, 0.1) is 6.54 Å². The van der Waals surface area contributed by atoms with E-state index >= 15 is 0 Å². The maximum absolute atomic E-state index is 13.9. The second-order valence-electron chi connectivity index (χ2n) is 4.66. The average Bonchev–Trinajstić information content (AvgIpc) is 2.76. The minimum Gasteiger partial charge on any atom is -0.479 e. The molecule has 1 saturated heterocycles. The first-order valence-electron chi connectivity index (χ1n) is 5.82. The Hall–Kier alpha value is -1.43. The van der Waals surface area contributed by atoms with Crippen LogP contribution in [0.3, 0.4) is 0 Å². The molecule has 1 N–H and O–H groups in total. The number of carbonyl (C=O) groups excluding carboxylic acids is 1. The summed E-state index contributed by atoms with van der Waals surface area (Å²) < 4.78 is 14.7. The Morgan fingerprint density at radius 3 is 2.74 bits per heavy atom. The van der Waals surface area contributed by atoms with Crippen LogP contribution >= 0.6 is 15.9 Å². The monoisotopic (exact) mass is 329 g/mol. The minimum absolute atomic E-state index is 0.119. The topological polar surface area (TPSA) is 57.6 Å². The number of aliphatic carboxylic acids is 1. The van der Waals surface area contributed by atoms with Crippen molar-refractivity contribution in [2.24, 2.45) is 0 Å². The average molecular weight is 330 g/mol. The van der Waals surface area contributed by atoms with E-state index in [1.54, 1.807) is 19.1 Å². The van der Waals surface area contributed by atoms with Gasteiger partial charge in [0.15, 0.2) is 0 Å². The van der Waals surface area contributed by atoms with Crippen molar-refractivity contribution in [2.45, 2.75) is 19.0 Å². The summed E-state index contributed by atoms with van der Waals surface area (Å²) in [7, 11) is 0. The van der Waals surface area contributed by atoms with Crippen molar-refractivity contribution in [3.8, 4) is 0 Å². The number of likely N-dealkylation sites (tertiary alicyclic amines) is 1. The Kier molecular flexibility index (Phi) is 3.62. The van der Waals surface area contributed by atoms with Gasteiger partial charge in [-0.05, 0) is 24.6 Å². The molecule has 0 bridgehead atoms. The second-order valence-corrected chi connectivity index (χ2v) is 5.51. The first-order valence-corrected chi connectivity index (χ1v) is 6.61. The van der Waals surface area contributed by atoms with Crippen molar-refractivity contribution >= 4 is 27.8 Å². The number of carboxylic acids is 1. The molecule has 1 aliphatic rings. The number of nitrogens with zero attached hydrogens (tertiary/aromatic N) is 1. The summed E-state index contributed by atoms with van der Waals surface area (Å²) >= 11 is 3.33. The standard InChI is InChI=1S/C13H13BrFNO3/c1-8-9(3-2-4-10(8)14)11(17)16-6-5-13(15,7-16)12(18)19/h2-4H,5-7H2,1H3,(H,18,19). The molecule has 4 nitrogen and oxygen atoms in total. The summed E-state index contributed by atoms with van der Waals surface area (Å²) in [5.74, 6) is -1.84. The summed E-state index contributed by atoms with van der Waals surface area (Å²) in [6, 6.07) is 5.19. The Morgan fingerprint density at radius 2 is 2.16 bits per heavy atom. The van der Waals surface area contributed by atoms with Crippen molar-refractivity contribution in [3.05, 3.63) is 33.8 Å². The maximum Gasteiger partial charge on any atom is 0.343 e. The molecule has 1 aromatic rings. The summed E-state index contributed by atoms with van der Waals surface area (Å²) in [6.45, 7) is 1.51. The molecule has 2 rings (SSSR count). The smallest absolute Gasteiger partial charge is 0.343 e. The summed E-state index contributed by atoms with van der Waals surface area (Å²) in [4.78, 5) is 24.4. The third-order valence-electron chi connectivity index (χ3n) is 3.39. The summed E-state index contributed by atoms with van der Waals surface area (Å²) in [5, 5.41) is 8.82. The van der Waals surface area contributed by atoms with E-state index in [1.165, 1.54) is 4.90 Å². The van der Waals surface area contributed by atoms with Crippen molar-refractivity contribution in [1.29, 1.82) is 0 Å². The van der Waals surface area contributed by atoms with Gasteiger partial charge in [-0.1, -0.05) is 22.0 Å². The van der Waals surface area contributed by atoms with Crippen LogP contribution in [0, 0.1) is 6.92 Å². The first kappa shape index (κ1) is 14.0. The van der Waals surface area contributed by atoms with Gasteiger partial charge in [-0.15, -0.1) is 0 Å². The molecule has 1 unspecified atom stereocenters. The Bertz CT molecular complexity index is 549. The number of hydrogen-bond donors (Lipinski definition) is 1. The minimum atomic E-state index is -2.32. The molecule has 1 aromatic carbocycles. The van der Waals surface area contributed by atoms with Crippen LogP contribution in [-0.2, 0) is 4.79 Å². The van der Waals surface area contributed by atoms with E-state index in [9.17, 15) is 14.0 Å². The third kappa shape index (κ3) is 2.49. The lowest BCUT2D eigenvalue weighted by molar-refractivity contribution is -0.149. The molecule has 1 amide bonds. The molecule has 1 heterocycles. The normalized spacial score (nSPS) is 22.6. The molecule has 0 spiro atoms. The van der Waals surface area contributed by atoms with E-state index in [1.807, 2.05) is 6.07 Å². The lowest BCUT2D eigenvalue weighted by Crippen LogP contribution is -2.39. The van der Waals surface area contributed by atoms with Gasteiger partial charge in [-0.3, -0.25) is 4.79 Å². The van der Waals surface area contributed by atoms with E-state index < -0.39 is 18.2 Å². The highest BCUT2D eigenvalue weighted by atomic mass is 79.9. The zero-order chi connectivity index (χ0) is 14.2. The molecular formula is C13H13BrFNO3. The quantitative estimate of drug-likeness (QED) is 0.906. The molecule has 6 heteroatoms. The molecule has 1 fully saturated rings. The maximum atomic E-state index is 13.9.